The van der Waals surface area contributed by atoms with Crippen LogP contribution < -0.4 is 0 Å². The van der Waals surface area contributed by atoms with Gasteiger partial charge in [-0.1, -0.05) is 41.9 Å². The van der Waals surface area contributed by atoms with Crippen molar-refractivity contribution in [2.75, 3.05) is 26.4 Å². The Kier molecular flexibility index (Phi) is 6.46. The predicted octanol–water partition coefficient (Wildman–Crippen LogP) is 2.77. The zero-order valence-electron chi connectivity index (χ0n) is 15.0. The lowest BCUT2D eigenvalue weighted by Gasteiger charge is -2.25. The molecule has 1 fully saturated rings. The fraction of sp³-hybridized carbons (Fsp3) is 0.238. The van der Waals surface area contributed by atoms with Crippen LogP contribution in [0.4, 0.5) is 0 Å². The summed E-state index contributed by atoms with van der Waals surface area (Å²) in [6.45, 7) is 0.335. The summed E-state index contributed by atoms with van der Waals surface area (Å²) in [6.07, 6.45) is 0. The van der Waals surface area contributed by atoms with E-state index in [1.54, 1.807) is 48.5 Å². The third-order valence-electron chi connectivity index (χ3n) is 4.49. The Balaban J connectivity index is 2.03. The average Bonchev–Trinajstić information content (AvgIpc) is 2.97. The molecule has 1 heterocycles. The van der Waals surface area contributed by atoms with Gasteiger partial charge < -0.3 is 19.8 Å². The molecule has 2 N–H and O–H groups in total. The molecule has 1 saturated heterocycles. The number of aliphatic hydroxyl groups excluding tert-OH is 2. The molecule has 146 valence electrons. The minimum Gasteiger partial charge on any atom is -0.507 e. The highest BCUT2D eigenvalue weighted by Crippen LogP contribution is 2.39. The van der Waals surface area contributed by atoms with Crippen molar-refractivity contribution in [3.63, 3.8) is 0 Å². The number of nitrogens with zero attached hydrogens (tertiary/aromatic N) is 1. The van der Waals surface area contributed by atoms with Gasteiger partial charge in [0.15, 0.2) is 0 Å². The van der Waals surface area contributed by atoms with E-state index in [-0.39, 0.29) is 37.7 Å². The third kappa shape index (κ3) is 4.09. The Hall–Kier alpha value is -2.67. The summed E-state index contributed by atoms with van der Waals surface area (Å²) in [7, 11) is 0. The normalized spacial score (nSPS) is 18.6. The molecule has 0 aromatic heterocycles. The van der Waals surface area contributed by atoms with Crippen LogP contribution in [0.2, 0.25) is 5.02 Å². The number of rotatable bonds is 7. The van der Waals surface area contributed by atoms with Crippen LogP contribution in [0.25, 0.3) is 5.76 Å². The molecule has 0 radical (unpaired) electrons. The second kappa shape index (κ2) is 9.01. The van der Waals surface area contributed by atoms with E-state index >= 15 is 0 Å². The van der Waals surface area contributed by atoms with Gasteiger partial charge in [0.1, 0.15) is 5.76 Å². The van der Waals surface area contributed by atoms with Gasteiger partial charge in [-0.3, -0.25) is 9.59 Å². The highest BCUT2D eigenvalue weighted by atomic mass is 35.5. The van der Waals surface area contributed by atoms with Crippen molar-refractivity contribution in [3.05, 3.63) is 76.3 Å². The third-order valence-corrected chi connectivity index (χ3v) is 4.74. The molecule has 0 spiro atoms. The summed E-state index contributed by atoms with van der Waals surface area (Å²) >= 11 is 5.90. The standard InChI is InChI=1S/C21H20ClNO5/c22-16-8-6-15(7-9-16)19(25)17-18(14-4-2-1-3-5-14)23(21(27)20(17)26)10-12-28-13-11-24/h1-9,18,24-25H,10-13H2. The van der Waals surface area contributed by atoms with Gasteiger partial charge in [-0.15, -0.1) is 0 Å². The van der Waals surface area contributed by atoms with Gasteiger partial charge in [0.2, 0.25) is 0 Å². The first-order valence-electron chi connectivity index (χ1n) is 8.82. The van der Waals surface area contributed by atoms with Gasteiger partial charge in [0.25, 0.3) is 11.7 Å². The van der Waals surface area contributed by atoms with Crippen molar-refractivity contribution in [1.82, 2.24) is 4.90 Å². The first-order chi connectivity index (χ1) is 13.5. The van der Waals surface area contributed by atoms with Crippen molar-refractivity contribution in [2.45, 2.75) is 6.04 Å². The van der Waals surface area contributed by atoms with E-state index in [9.17, 15) is 14.7 Å². The first-order valence-corrected chi connectivity index (χ1v) is 9.20. The molecule has 1 aliphatic heterocycles. The van der Waals surface area contributed by atoms with E-state index in [1.165, 1.54) is 4.90 Å². The maximum atomic E-state index is 12.8. The van der Waals surface area contributed by atoms with Crippen molar-refractivity contribution in [3.8, 4) is 0 Å². The predicted molar refractivity (Wildman–Crippen MR) is 105 cm³/mol. The van der Waals surface area contributed by atoms with Gasteiger partial charge in [-0.05, 0) is 29.8 Å². The Morgan fingerprint density at radius 3 is 2.36 bits per heavy atom. The largest absolute Gasteiger partial charge is 0.507 e. The van der Waals surface area contributed by atoms with Crippen molar-refractivity contribution in [2.24, 2.45) is 0 Å². The monoisotopic (exact) mass is 401 g/mol. The molecule has 2 aromatic rings. The topological polar surface area (TPSA) is 87.1 Å². The second-order valence-electron chi connectivity index (χ2n) is 6.25. The maximum Gasteiger partial charge on any atom is 0.295 e. The van der Waals surface area contributed by atoms with E-state index in [2.05, 4.69) is 0 Å². The van der Waals surface area contributed by atoms with Crippen molar-refractivity contribution in [1.29, 1.82) is 0 Å². The lowest BCUT2D eigenvalue weighted by atomic mass is 9.95. The van der Waals surface area contributed by atoms with Crippen LogP contribution in [0.3, 0.4) is 0 Å². The van der Waals surface area contributed by atoms with Crippen molar-refractivity contribution < 1.29 is 24.5 Å². The molecule has 1 aliphatic rings. The Morgan fingerprint density at radius 1 is 1.04 bits per heavy atom. The van der Waals surface area contributed by atoms with Crippen LogP contribution in [-0.2, 0) is 14.3 Å². The summed E-state index contributed by atoms with van der Waals surface area (Å²) in [5, 5.41) is 20.2. The smallest absolute Gasteiger partial charge is 0.295 e. The van der Waals surface area contributed by atoms with Gasteiger partial charge in [-0.25, -0.2) is 0 Å². The minimum absolute atomic E-state index is 0.0284. The summed E-state index contributed by atoms with van der Waals surface area (Å²) in [4.78, 5) is 26.8. The molecule has 0 saturated carbocycles. The number of carbonyl (C=O) groups excluding carboxylic acids is 2. The van der Waals surface area contributed by atoms with E-state index in [1.807, 2.05) is 6.07 Å². The zero-order valence-corrected chi connectivity index (χ0v) is 15.8. The number of benzene rings is 2. The highest BCUT2D eigenvalue weighted by molar-refractivity contribution is 6.46. The molecular formula is C21H20ClNO5. The molecule has 28 heavy (non-hydrogen) atoms. The molecule has 2 aromatic carbocycles. The van der Waals surface area contributed by atoms with Gasteiger partial charge >= 0.3 is 0 Å². The Bertz CT molecular complexity index is 879. The van der Waals surface area contributed by atoms with Crippen LogP contribution in [0.15, 0.2) is 60.2 Å². The number of ketones is 1. The van der Waals surface area contributed by atoms with E-state index in [0.29, 0.717) is 16.1 Å². The van der Waals surface area contributed by atoms with Gasteiger partial charge in [-0.2, -0.15) is 0 Å². The molecule has 0 bridgehead atoms. The van der Waals surface area contributed by atoms with E-state index in [0.717, 1.165) is 0 Å². The fourth-order valence-corrected chi connectivity index (χ4v) is 3.31. The molecule has 6 nitrogen and oxygen atoms in total. The van der Waals surface area contributed by atoms with Crippen LogP contribution in [0, 0.1) is 0 Å². The lowest BCUT2D eigenvalue weighted by Crippen LogP contribution is -2.33. The van der Waals surface area contributed by atoms with Gasteiger partial charge in [0.05, 0.1) is 31.4 Å². The average molecular weight is 402 g/mol. The Morgan fingerprint density at radius 2 is 1.71 bits per heavy atom. The number of amides is 1. The zero-order chi connectivity index (χ0) is 20.1. The van der Waals surface area contributed by atoms with Crippen LogP contribution in [-0.4, -0.2) is 53.2 Å². The molecule has 1 unspecified atom stereocenters. The quantitative estimate of drug-likeness (QED) is 0.322. The highest BCUT2D eigenvalue weighted by Gasteiger charge is 2.45. The number of hydrogen-bond acceptors (Lipinski definition) is 5. The molecule has 3 rings (SSSR count). The number of halogens is 1. The van der Waals surface area contributed by atoms with Gasteiger partial charge in [0, 0.05) is 17.1 Å². The molecule has 1 atom stereocenters. The molecule has 7 heteroatoms. The maximum absolute atomic E-state index is 12.8. The second-order valence-corrected chi connectivity index (χ2v) is 6.68. The number of likely N-dealkylation sites (tertiary alicyclic amines) is 1. The summed E-state index contributed by atoms with van der Waals surface area (Å²) < 4.78 is 5.26. The van der Waals surface area contributed by atoms with Crippen LogP contribution >= 0.6 is 11.6 Å². The minimum atomic E-state index is -0.747. The Labute approximate surface area is 167 Å². The summed E-state index contributed by atoms with van der Waals surface area (Å²) in [5.74, 6) is -1.69. The number of ether oxygens (including phenoxy) is 1. The molecular weight excluding hydrogens is 382 g/mol. The number of Topliss-reactive ketones (excluding diaryl/α,β-unsaturated/α-hetero) is 1. The van der Waals surface area contributed by atoms with E-state index in [4.69, 9.17) is 21.4 Å². The fourth-order valence-electron chi connectivity index (χ4n) is 3.19. The van der Waals surface area contributed by atoms with Crippen LogP contribution in [0.5, 0.6) is 0 Å². The SMILES string of the molecule is O=C1C(=O)N(CCOCCO)C(c2ccccc2)C1=C(O)c1ccc(Cl)cc1. The summed E-state index contributed by atoms with van der Waals surface area (Å²) in [6, 6.07) is 14.7. The number of carbonyl (C=O) groups is 2. The first kappa shape index (κ1) is 20.1. The molecule has 1 amide bonds. The summed E-state index contributed by atoms with van der Waals surface area (Å²) in [5.41, 5.74) is 1.14. The van der Waals surface area contributed by atoms with Crippen LogP contribution in [0.1, 0.15) is 17.2 Å². The lowest BCUT2D eigenvalue weighted by molar-refractivity contribution is -0.140. The number of aliphatic hydroxyl groups is 2. The van der Waals surface area contributed by atoms with Crippen molar-refractivity contribution >= 4 is 29.1 Å². The molecule has 0 aliphatic carbocycles. The number of hydrogen-bond donors (Lipinski definition) is 2. The van der Waals surface area contributed by atoms with E-state index < -0.39 is 17.7 Å².